The van der Waals surface area contributed by atoms with Crippen molar-refractivity contribution in [1.29, 1.82) is 0 Å². The largest absolute Gasteiger partial charge is 0.508 e. The molecule has 68 heavy (non-hydrogen) atoms. The van der Waals surface area contributed by atoms with Gasteiger partial charge in [-0.25, -0.2) is 9.69 Å². The minimum atomic E-state index is -1.47. The van der Waals surface area contributed by atoms with E-state index >= 15 is 4.79 Å². The van der Waals surface area contributed by atoms with Gasteiger partial charge >= 0.3 is 0 Å². The lowest BCUT2D eigenvalue weighted by Crippen LogP contribution is -2.53. The summed E-state index contributed by atoms with van der Waals surface area (Å²) in [6.07, 6.45) is 7.22. The second-order valence-corrected chi connectivity index (χ2v) is 17.3. The fourth-order valence-electron chi connectivity index (χ4n) is 9.10. The topological polar surface area (TPSA) is 182 Å². The van der Waals surface area contributed by atoms with Gasteiger partial charge in [-0.15, -0.1) is 5.10 Å². The lowest BCUT2D eigenvalue weighted by Gasteiger charge is -2.38. The molecule has 10 rings (SSSR count). The van der Waals surface area contributed by atoms with Gasteiger partial charge in [0.05, 0.1) is 68.8 Å². The van der Waals surface area contributed by atoms with E-state index in [0.717, 1.165) is 44.3 Å². The number of hydrazone groups is 1. The van der Waals surface area contributed by atoms with Gasteiger partial charge < -0.3 is 33.7 Å². The van der Waals surface area contributed by atoms with Crippen molar-refractivity contribution >= 4 is 55.7 Å². The number of amides is 1. The number of phenols is 2. The smallest absolute Gasteiger partial charge is 0.260 e. The molecule has 2 aliphatic heterocycles. The van der Waals surface area contributed by atoms with Gasteiger partial charge in [0.25, 0.3) is 5.91 Å². The van der Waals surface area contributed by atoms with Crippen LogP contribution < -0.4 is 15.3 Å². The van der Waals surface area contributed by atoms with Crippen molar-refractivity contribution in [1.82, 2.24) is 15.0 Å². The maximum Gasteiger partial charge on any atom is 0.260 e. The van der Waals surface area contributed by atoms with Crippen LogP contribution in [-0.4, -0.2) is 75.6 Å². The Morgan fingerprint density at radius 3 is 2.19 bits per heavy atom. The summed E-state index contributed by atoms with van der Waals surface area (Å²) in [4.78, 5) is 42.5. The molecule has 2 atom stereocenters. The number of carbonyl (C=O) groups excluding carboxylic acids is 2. The number of carbonyl (C=O) groups is 2. The number of phenolic OH excluding ortho intramolecular Hbond substituents is 2. The van der Waals surface area contributed by atoms with Crippen molar-refractivity contribution in [2.24, 2.45) is 5.10 Å². The third kappa shape index (κ3) is 8.21. The summed E-state index contributed by atoms with van der Waals surface area (Å²) in [7, 11) is 0. The summed E-state index contributed by atoms with van der Waals surface area (Å²) in [5.74, 6) is -1.52. The molecule has 2 unspecified atom stereocenters. The molecule has 0 saturated carbocycles. The van der Waals surface area contributed by atoms with Crippen LogP contribution in [0.25, 0.3) is 11.0 Å². The molecular formula is C52H43BrN6O9. The number of rotatable bonds is 16. The Bertz CT molecular complexity index is 3160. The van der Waals surface area contributed by atoms with E-state index in [1.165, 1.54) is 36.4 Å². The first-order valence-corrected chi connectivity index (χ1v) is 22.7. The van der Waals surface area contributed by atoms with Crippen LogP contribution in [0.4, 0.5) is 11.4 Å². The predicted octanol–water partition coefficient (Wildman–Crippen LogP) is 7.65. The van der Waals surface area contributed by atoms with Crippen LogP contribution in [0, 0.1) is 0 Å². The Kier molecular flexibility index (Phi) is 12.2. The quantitative estimate of drug-likeness (QED) is 0.0905. The van der Waals surface area contributed by atoms with E-state index in [-0.39, 0.29) is 54.0 Å². The first kappa shape index (κ1) is 44.3. The summed E-state index contributed by atoms with van der Waals surface area (Å²) in [5, 5.41) is 35.8. The molecule has 2 N–H and O–H groups in total. The summed E-state index contributed by atoms with van der Waals surface area (Å²) < 4.78 is 26.6. The SMILES string of the molecule is O=C1C=CC(OCc2cn(CCOCCOCCN3C(=O)C4(c5ccc(Br)cc53)C(c3ccccc3)C(c3ccccc3)=NN4c3ccccc3)nn2)(c2cc(=O)c3c(O)cc(O)cc3o2)C=C1. The maximum absolute atomic E-state index is 15.5. The third-order valence-corrected chi connectivity index (χ3v) is 12.7. The van der Waals surface area contributed by atoms with Crippen molar-refractivity contribution in [2.75, 3.05) is 42.9 Å². The predicted molar refractivity (Wildman–Crippen MR) is 256 cm³/mol. The molecule has 3 aliphatic rings. The molecule has 1 aliphatic carbocycles. The van der Waals surface area contributed by atoms with Gasteiger partial charge in [-0.2, -0.15) is 5.10 Å². The number of hydrogen-bond donors (Lipinski definition) is 2. The second kappa shape index (κ2) is 18.6. The fraction of sp³-hybridized carbons (Fsp3) is 0.192. The molecule has 5 aromatic carbocycles. The maximum atomic E-state index is 15.5. The number of ether oxygens (including phenoxy) is 3. The van der Waals surface area contributed by atoms with Gasteiger partial charge in [0.15, 0.2) is 22.4 Å². The van der Waals surface area contributed by atoms with Crippen molar-refractivity contribution in [2.45, 2.75) is 30.2 Å². The third-order valence-electron chi connectivity index (χ3n) is 12.2. The zero-order chi connectivity index (χ0) is 46.8. The van der Waals surface area contributed by atoms with E-state index in [0.29, 0.717) is 32.0 Å². The van der Waals surface area contributed by atoms with E-state index in [4.69, 9.17) is 23.7 Å². The number of hydrogen-bond acceptors (Lipinski definition) is 13. The normalized spacial score (nSPS) is 18.2. The highest BCUT2D eigenvalue weighted by atomic mass is 79.9. The summed E-state index contributed by atoms with van der Waals surface area (Å²) in [6.45, 7) is 1.74. The minimum absolute atomic E-state index is 0.0316. The zero-order valence-corrected chi connectivity index (χ0v) is 37.9. The Morgan fingerprint density at radius 2 is 1.46 bits per heavy atom. The van der Waals surface area contributed by atoms with Crippen molar-refractivity contribution in [3.05, 3.63) is 201 Å². The summed E-state index contributed by atoms with van der Waals surface area (Å²) in [5.41, 5.74) is 2.28. The van der Waals surface area contributed by atoms with Gasteiger partial charge in [-0.1, -0.05) is 106 Å². The van der Waals surface area contributed by atoms with Gasteiger partial charge in [-0.3, -0.25) is 14.4 Å². The number of halogens is 1. The number of aromatic nitrogens is 3. The highest BCUT2D eigenvalue weighted by Gasteiger charge is 2.64. The van der Waals surface area contributed by atoms with Gasteiger partial charge in [0.2, 0.25) is 0 Å². The first-order valence-electron chi connectivity index (χ1n) is 21.9. The van der Waals surface area contributed by atoms with E-state index in [2.05, 4.69) is 38.4 Å². The standard InChI is InChI=1S/C52H43BrN6O9/c53-36-16-17-41-42(28-36)58(50(64)52(41)48(34-10-4-1-5-11-34)49(35-12-6-2-7-13-35)55-59(52)38-14-8-3-9-15-38)23-25-66-27-26-65-24-22-57-32-37(54-56-57)33-67-51(20-18-39(60)19-21-51)46-31-44(63)47-43(62)29-40(61)30-45(47)68-46/h1-21,28-32,48,61-62H,22-27,33H2. The molecule has 1 amide bonds. The molecule has 15 nitrogen and oxygen atoms in total. The fourth-order valence-corrected chi connectivity index (χ4v) is 9.45. The van der Waals surface area contributed by atoms with Crippen LogP contribution in [0.1, 0.15) is 34.1 Å². The molecule has 7 aromatic rings. The van der Waals surface area contributed by atoms with E-state index in [1.807, 2.05) is 107 Å². The molecule has 1 spiro atoms. The minimum Gasteiger partial charge on any atom is -0.508 e. The van der Waals surface area contributed by atoms with Crippen LogP contribution in [0.5, 0.6) is 11.5 Å². The number of para-hydroxylation sites is 1. The lowest BCUT2D eigenvalue weighted by molar-refractivity contribution is -0.123. The number of aromatic hydroxyl groups is 2. The number of anilines is 2. The van der Waals surface area contributed by atoms with Crippen LogP contribution >= 0.6 is 15.9 Å². The average Bonchev–Trinajstić information content (AvgIpc) is 4.03. The molecule has 2 aromatic heterocycles. The van der Waals surface area contributed by atoms with Crippen LogP contribution in [0.2, 0.25) is 0 Å². The van der Waals surface area contributed by atoms with Crippen LogP contribution in [0.15, 0.2) is 177 Å². The molecule has 0 bridgehead atoms. The summed E-state index contributed by atoms with van der Waals surface area (Å²) in [6, 6.07) is 39.5. The monoisotopic (exact) mass is 974 g/mol. The average molecular weight is 976 g/mol. The van der Waals surface area contributed by atoms with E-state index in [9.17, 15) is 19.8 Å². The highest BCUT2D eigenvalue weighted by molar-refractivity contribution is 9.10. The van der Waals surface area contributed by atoms with Gasteiger partial charge in [0, 0.05) is 34.8 Å². The number of benzene rings is 5. The number of ketones is 1. The number of fused-ring (bicyclic) bond motifs is 3. The molecule has 342 valence electrons. The Hall–Kier alpha value is -7.50. The van der Waals surface area contributed by atoms with Crippen LogP contribution in [-0.2, 0) is 48.1 Å². The zero-order valence-electron chi connectivity index (χ0n) is 36.4. The molecule has 0 fully saturated rings. The first-order chi connectivity index (χ1) is 33.1. The molecule has 0 radical (unpaired) electrons. The van der Waals surface area contributed by atoms with Crippen molar-refractivity contribution in [3.8, 4) is 11.5 Å². The van der Waals surface area contributed by atoms with Crippen molar-refractivity contribution < 1.29 is 38.4 Å². The van der Waals surface area contributed by atoms with E-state index in [1.54, 1.807) is 10.9 Å². The van der Waals surface area contributed by atoms with Gasteiger partial charge in [-0.05, 0) is 59.7 Å². The molecule has 4 heterocycles. The Balaban J connectivity index is 0.778. The highest BCUT2D eigenvalue weighted by Crippen LogP contribution is 2.58. The lowest BCUT2D eigenvalue weighted by atomic mass is 9.72. The molecular weight excluding hydrogens is 933 g/mol. The Morgan fingerprint density at radius 1 is 0.765 bits per heavy atom. The second-order valence-electron chi connectivity index (χ2n) is 16.4. The number of allylic oxidation sites excluding steroid dienone is 2. The number of nitrogens with zero attached hydrogens (tertiary/aromatic N) is 6. The van der Waals surface area contributed by atoms with Crippen molar-refractivity contribution in [3.63, 3.8) is 0 Å². The van der Waals surface area contributed by atoms with Gasteiger partial charge in [0.1, 0.15) is 33.9 Å². The Labute approximate surface area is 397 Å². The molecule has 0 saturated heterocycles. The molecule has 16 heteroatoms. The van der Waals surface area contributed by atoms with Crippen LogP contribution in [0.3, 0.4) is 0 Å². The summed E-state index contributed by atoms with van der Waals surface area (Å²) >= 11 is 3.68. The van der Waals surface area contributed by atoms with E-state index < -0.39 is 28.2 Å².